The number of amides is 1. The topological polar surface area (TPSA) is 102 Å². The number of hydrogen-bond acceptors (Lipinski definition) is 5. The minimum atomic E-state index is -0.959. The maximum atomic E-state index is 11.8. The van der Waals surface area contributed by atoms with Crippen LogP contribution in [-0.2, 0) is 25.7 Å². The zero-order chi connectivity index (χ0) is 17.1. The van der Waals surface area contributed by atoms with Crippen LogP contribution in [0.3, 0.4) is 0 Å². The average Bonchev–Trinajstić information content (AvgIpc) is 2.53. The summed E-state index contributed by atoms with van der Waals surface area (Å²) in [6.07, 6.45) is -0.415. The molecule has 1 rings (SSSR count). The van der Waals surface area contributed by atoms with Crippen molar-refractivity contribution in [3.8, 4) is 0 Å². The van der Waals surface area contributed by atoms with Crippen LogP contribution in [0.1, 0.15) is 31.7 Å². The molecule has 23 heavy (non-hydrogen) atoms. The highest BCUT2D eigenvalue weighted by atomic mass is 16.6. The lowest BCUT2D eigenvalue weighted by Crippen LogP contribution is -2.42. The second-order valence-electron chi connectivity index (χ2n) is 4.80. The monoisotopic (exact) mass is 323 g/mol. The summed E-state index contributed by atoms with van der Waals surface area (Å²) in [5.41, 5.74) is 0.821. The predicted octanol–water partition coefficient (Wildman–Crippen LogP) is 2.10. The molecule has 1 aromatic rings. The molecule has 7 heteroatoms. The van der Waals surface area contributed by atoms with Crippen LogP contribution in [-0.4, -0.2) is 35.8 Å². The summed E-state index contributed by atoms with van der Waals surface area (Å²) in [7, 11) is 0. The van der Waals surface area contributed by atoms with Gasteiger partial charge in [0.1, 0.15) is 12.6 Å². The molecule has 1 amide bonds. The molecule has 1 aromatic carbocycles. The summed E-state index contributed by atoms with van der Waals surface area (Å²) in [4.78, 5) is 34.1. The first-order valence-corrected chi connectivity index (χ1v) is 7.38. The zero-order valence-electron chi connectivity index (χ0n) is 13.0. The third-order valence-corrected chi connectivity index (χ3v) is 2.96. The Bertz CT molecular complexity index is 517. The predicted molar refractivity (Wildman–Crippen MR) is 81.7 cm³/mol. The third kappa shape index (κ3) is 7.85. The van der Waals surface area contributed by atoms with Gasteiger partial charge in [-0.05, 0) is 25.3 Å². The molecule has 0 radical (unpaired) electrons. The normalized spacial score (nSPS) is 11.3. The summed E-state index contributed by atoms with van der Waals surface area (Å²) in [6.45, 7) is 1.91. The summed E-state index contributed by atoms with van der Waals surface area (Å²) >= 11 is 0. The van der Waals surface area contributed by atoms with E-state index in [-0.39, 0.29) is 32.5 Å². The van der Waals surface area contributed by atoms with Crippen LogP contribution in [0.15, 0.2) is 30.3 Å². The number of rotatable bonds is 9. The number of alkyl carbamates (subject to hydrolysis) is 1. The SMILES string of the molecule is CCOC(=O)[C@H](CCCC(=O)O)NC(=O)OCc1ccccc1. The molecule has 2 N–H and O–H groups in total. The molecule has 0 heterocycles. The number of ether oxygens (including phenoxy) is 2. The van der Waals surface area contributed by atoms with Gasteiger partial charge in [0.2, 0.25) is 0 Å². The highest BCUT2D eigenvalue weighted by molar-refractivity contribution is 5.81. The van der Waals surface area contributed by atoms with Crippen molar-refractivity contribution in [2.75, 3.05) is 6.61 Å². The second kappa shape index (κ2) is 10.2. The van der Waals surface area contributed by atoms with Gasteiger partial charge in [-0.2, -0.15) is 0 Å². The summed E-state index contributed by atoms with van der Waals surface area (Å²) in [6, 6.07) is 8.19. The molecule has 0 bridgehead atoms. The Balaban J connectivity index is 2.48. The summed E-state index contributed by atoms with van der Waals surface area (Å²) in [5.74, 6) is -1.56. The Morgan fingerprint density at radius 3 is 2.48 bits per heavy atom. The first kappa shape index (κ1) is 18.5. The van der Waals surface area contributed by atoms with Crippen molar-refractivity contribution < 1.29 is 29.0 Å². The molecule has 0 unspecified atom stereocenters. The molecule has 1 atom stereocenters. The van der Waals surface area contributed by atoms with Crippen molar-refractivity contribution >= 4 is 18.0 Å². The summed E-state index contributed by atoms with van der Waals surface area (Å²) in [5, 5.41) is 11.0. The highest BCUT2D eigenvalue weighted by Gasteiger charge is 2.22. The van der Waals surface area contributed by atoms with Crippen LogP contribution in [0.4, 0.5) is 4.79 Å². The van der Waals surface area contributed by atoms with Crippen molar-refractivity contribution in [3.05, 3.63) is 35.9 Å². The van der Waals surface area contributed by atoms with Gasteiger partial charge in [-0.15, -0.1) is 0 Å². The van der Waals surface area contributed by atoms with Crippen LogP contribution >= 0.6 is 0 Å². The van der Waals surface area contributed by atoms with Gasteiger partial charge < -0.3 is 19.9 Å². The van der Waals surface area contributed by atoms with Crippen molar-refractivity contribution in [1.29, 1.82) is 0 Å². The van der Waals surface area contributed by atoms with E-state index in [1.807, 2.05) is 30.3 Å². The fraction of sp³-hybridized carbons (Fsp3) is 0.438. The standard InChI is InChI=1S/C16H21NO6/c1-2-22-15(20)13(9-6-10-14(18)19)17-16(21)23-11-12-7-4-3-5-8-12/h3-5,7-8,13H,2,6,9-11H2,1H3,(H,17,21)(H,18,19)/t13-/m0/s1. The number of aliphatic carboxylic acids is 1. The van der Waals surface area contributed by atoms with Gasteiger partial charge in [-0.1, -0.05) is 30.3 Å². The van der Waals surface area contributed by atoms with E-state index in [4.69, 9.17) is 14.6 Å². The quantitative estimate of drug-likeness (QED) is 0.675. The van der Waals surface area contributed by atoms with E-state index in [9.17, 15) is 14.4 Å². The molecule has 0 aliphatic rings. The number of carboxylic acids is 1. The van der Waals surface area contributed by atoms with E-state index in [1.165, 1.54) is 0 Å². The molecule has 0 fully saturated rings. The van der Waals surface area contributed by atoms with Crippen molar-refractivity contribution in [2.24, 2.45) is 0 Å². The fourth-order valence-electron chi connectivity index (χ4n) is 1.86. The molecule has 0 saturated heterocycles. The van der Waals surface area contributed by atoms with Crippen molar-refractivity contribution in [3.63, 3.8) is 0 Å². The van der Waals surface area contributed by atoms with Gasteiger partial charge in [0.25, 0.3) is 0 Å². The van der Waals surface area contributed by atoms with E-state index in [0.717, 1.165) is 5.56 Å². The van der Waals surface area contributed by atoms with E-state index >= 15 is 0 Å². The number of benzene rings is 1. The average molecular weight is 323 g/mol. The first-order chi connectivity index (χ1) is 11.0. The highest BCUT2D eigenvalue weighted by Crippen LogP contribution is 2.05. The Morgan fingerprint density at radius 1 is 1.17 bits per heavy atom. The van der Waals surface area contributed by atoms with Gasteiger partial charge in [0.05, 0.1) is 6.61 Å². The molecule has 0 spiro atoms. The van der Waals surface area contributed by atoms with Gasteiger partial charge in [-0.3, -0.25) is 4.79 Å². The lowest BCUT2D eigenvalue weighted by molar-refractivity contribution is -0.146. The Labute approximate surface area is 134 Å². The lowest BCUT2D eigenvalue weighted by atomic mass is 10.1. The minimum absolute atomic E-state index is 0.0807. The first-order valence-electron chi connectivity index (χ1n) is 7.38. The molecule has 0 saturated carbocycles. The Kier molecular flexibility index (Phi) is 8.20. The lowest BCUT2D eigenvalue weighted by Gasteiger charge is -2.16. The molecular weight excluding hydrogens is 302 g/mol. The number of carbonyl (C=O) groups excluding carboxylic acids is 2. The maximum Gasteiger partial charge on any atom is 0.408 e. The van der Waals surface area contributed by atoms with E-state index in [1.54, 1.807) is 6.92 Å². The molecule has 0 aliphatic heterocycles. The fourth-order valence-corrected chi connectivity index (χ4v) is 1.86. The van der Waals surface area contributed by atoms with Gasteiger partial charge in [0, 0.05) is 6.42 Å². The van der Waals surface area contributed by atoms with Crippen LogP contribution in [0, 0.1) is 0 Å². The van der Waals surface area contributed by atoms with Crippen molar-refractivity contribution in [2.45, 2.75) is 38.8 Å². The maximum absolute atomic E-state index is 11.8. The number of carboxylic acid groups (broad SMARTS) is 1. The Hall–Kier alpha value is -2.57. The molecule has 0 aromatic heterocycles. The van der Waals surface area contributed by atoms with Gasteiger partial charge in [0.15, 0.2) is 0 Å². The summed E-state index contributed by atoms with van der Waals surface area (Å²) < 4.78 is 9.91. The van der Waals surface area contributed by atoms with Crippen LogP contribution < -0.4 is 5.32 Å². The van der Waals surface area contributed by atoms with Gasteiger partial charge in [-0.25, -0.2) is 9.59 Å². The van der Waals surface area contributed by atoms with E-state index in [0.29, 0.717) is 0 Å². The molecular formula is C16H21NO6. The molecule has 7 nitrogen and oxygen atoms in total. The Morgan fingerprint density at radius 2 is 1.87 bits per heavy atom. The van der Waals surface area contributed by atoms with Gasteiger partial charge >= 0.3 is 18.0 Å². The number of nitrogens with one attached hydrogen (secondary N) is 1. The third-order valence-electron chi connectivity index (χ3n) is 2.96. The van der Waals surface area contributed by atoms with Crippen LogP contribution in [0.25, 0.3) is 0 Å². The smallest absolute Gasteiger partial charge is 0.408 e. The number of hydrogen-bond donors (Lipinski definition) is 2. The zero-order valence-corrected chi connectivity index (χ0v) is 13.0. The minimum Gasteiger partial charge on any atom is -0.481 e. The van der Waals surface area contributed by atoms with E-state index in [2.05, 4.69) is 5.32 Å². The number of esters is 1. The van der Waals surface area contributed by atoms with Crippen LogP contribution in [0.2, 0.25) is 0 Å². The van der Waals surface area contributed by atoms with Crippen LogP contribution in [0.5, 0.6) is 0 Å². The number of carbonyl (C=O) groups is 3. The van der Waals surface area contributed by atoms with E-state index < -0.39 is 24.1 Å². The molecule has 126 valence electrons. The van der Waals surface area contributed by atoms with Crippen molar-refractivity contribution in [1.82, 2.24) is 5.32 Å². The largest absolute Gasteiger partial charge is 0.481 e. The molecule has 0 aliphatic carbocycles. The second-order valence-corrected chi connectivity index (χ2v) is 4.80.